The van der Waals surface area contributed by atoms with Gasteiger partial charge in [-0.25, -0.2) is 0 Å². The minimum Gasteiger partial charge on any atom is -0.454 e. The van der Waals surface area contributed by atoms with Crippen molar-refractivity contribution >= 4 is 17.5 Å². The number of hydrogen-bond donors (Lipinski definition) is 2. The summed E-state index contributed by atoms with van der Waals surface area (Å²) in [5.41, 5.74) is -0.682. The number of ether oxygens (including phenoxy) is 3. The number of fused-ring (bicyclic) bond motifs is 1. The topological polar surface area (TPSA) is 77.0 Å². The minimum atomic E-state index is -1.04. The maximum Gasteiger partial charge on any atom is 0.251 e. The zero-order valence-corrected chi connectivity index (χ0v) is 12.7. The maximum absolute atomic E-state index is 12.1. The normalized spacial score (nSPS) is 15.6. The Kier molecular flexibility index (Phi) is 4.92. The van der Waals surface area contributed by atoms with Gasteiger partial charge in [-0.3, -0.25) is 4.79 Å². The van der Waals surface area contributed by atoms with E-state index >= 15 is 0 Å². The second-order valence-electron chi connectivity index (χ2n) is 5.11. The van der Waals surface area contributed by atoms with Crippen LogP contribution in [0.1, 0.15) is 23.7 Å². The summed E-state index contributed by atoms with van der Waals surface area (Å²) in [4.78, 5) is 12.1. The molecule has 0 aromatic heterocycles. The first-order valence-corrected chi connectivity index (χ1v) is 6.89. The van der Waals surface area contributed by atoms with Crippen molar-refractivity contribution in [2.45, 2.75) is 18.9 Å². The molecule has 116 valence electrons. The highest BCUT2D eigenvalue weighted by molar-refractivity contribution is 6.32. The molecular weight excluding hydrogens is 298 g/mol. The third-order valence-corrected chi connectivity index (χ3v) is 3.44. The van der Waals surface area contributed by atoms with Crippen molar-refractivity contribution in [1.82, 2.24) is 5.32 Å². The molecule has 0 bridgehead atoms. The van der Waals surface area contributed by atoms with Crippen LogP contribution in [0.15, 0.2) is 12.1 Å². The third-order valence-electron chi connectivity index (χ3n) is 3.16. The van der Waals surface area contributed by atoms with Crippen molar-refractivity contribution in [2.24, 2.45) is 0 Å². The Hall–Kier alpha value is -1.50. The summed E-state index contributed by atoms with van der Waals surface area (Å²) < 4.78 is 15.3. The number of amides is 1. The van der Waals surface area contributed by atoms with E-state index in [2.05, 4.69) is 5.32 Å². The monoisotopic (exact) mass is 315 g/mol. The van der Waals surface area contributed by atoms with Gasteiger partial charge in [-0.2, -0.15) is 0 Å². The van der Waals surface area contributed by atoms with E-state index < -0.39 is 5.60 Å². The van der Waals surface area contributed by atoms with Gasteiger partial charge in [-0.05, 0) is 19.1 Å². The summed E-state index contributed by atoms with van der Waals surface area (Å²) in [5.74, 6) is 0.548. The van der Waals surface area contributed by atoms with E-state index in [-0.39, 0.29) is 19.2 Å². The lowest BCUT2D eigenvalue weighted by molar-refractivity contribution is 0.0243. The summed E-state index contributed by atoms with van der Waals surface area (Å²) in [7, 11) is 1.56. The second-order valence-corrected chi connectivity index (χ2v) is 5.52. The highest BCUT2D eigenvalue weighted by atomic mass is 35.5. The molecule has 6 nitrogen and oxygen atoms in total. The molecule has 1 aromatic carbocycles. The zero-order chi connectivity index (χ0) is 15.5. The maximum atomic E-state index is 12.1. The molecule has 0 saturated heterocycles. The van der Waals surface area contributed by atoms with Gasteiger partial charge in [0.15, 0.2) is 11.5 Å². The van der Waals surface area contributed by atoms with Crippen molar-refractivity contribution in [3.63, 3.8) is 0 Å². The van der Waals surface area contributed by atoms with E-state index in [9.17, 15) is 9.90 Å². The summed E-state index contributed by atoms with van der Waals surface area (Å²) in [6.07, 6.45) is 0.422. The molecule has 0 radical (unpaired) electrons. The van der Waals surface area contributed by atoms with Crippen LogP contribution in [-0.4, -0.2) is 43.7 Å². The van der Waals surface area contributed by atoms with Crippen LogP contribution < -0.4 is 14.8 Å². The molecule has 0 spiro atoms. The molecule has 0 fully saturated rings. The number of halogens is 1. The van der Waals surface area contributed by atoms with Gasteiger partial charge in [0.05, 0.1) is 10.6 Å². The second kappa shape index (κ2) is 6.51. The van der Waals surface area contributed by atoms with Gasteiger partial charge in [-0.1, -0.05) is 11.6 Å². The first-order valence-electron chi connectivity index (χ1n) is 6.51. The van der Waals surface area contributed by atoms with Gasteiger partial charge in [0, 0.05) is 32.2 Å². The van der Waals surface area contributed by atoms with Crippen LogP contribution >= 0.6 is 11.6 Å². The van der Waals surface area contributed by atoms with Crippen molar-refractivity contribution in [3.05, 3.63) is 22.7 Å². The molecular formula is C14H18ClNO5. The van der Waals surface area contributed by atoms with E-state index in [1.807, 2.05) is 0 Å². The standard InChI is InChI=1S/C14H18ClNO5/c1-14(18,3-4-19-2)7-16-13(17)9-5-10(15)12-11(6-9)20-8-21-12/h5-6,18H,3-4,7-8H2,1-2H3,(H,16,17). The third kappa shape index (κ3) is 4.00. The number of aliphatic hydroxyl groups is 1. The summed E-state index contributed by atoms with van der Waals surface area (Å²) >= 11 is 6.03. The lowest BCUT2D eigenvalue weighted by Crippen LogP contribution is -2.41. The molecule has 1 aliphatic rings. The number of carbonyl (C=O) groups excluding carboxylic acids is 1. The molecule has 1 unspecified atom stereocenters. The molecule has 1 aliphatic heterocycles. The van der Waals surface area contributed by atoms with Crippen LogP contribution in [0.2, 0.25) is 5.02 Å². The molecule has 7 heteroatoms. The average molecular weight is 316 g/mol. The molecule has 1 heterocycles. The first kappa shape index (κ1) is 15.9. The van der Waals surface area contributed by atoms with Crippen LogP contribution in [-0.2, 0) is 4.74 Å². The number of benzene rings is 1. The van der Waals surface area contributed by atoms with Crippen LogP contribution in [0.4, 0.5) is 0 Å². The molecule has 2 rings (SSSR count). The highest BCUT2D eigenvalue weighted by Gasteiger charge is 2.23. The van der Waals surface area contributed by atoms with Gasteiger partial charge in [0.1, 0.15) is 0 Å². The Labute approximate surface area is 127 Å². The van der Waals surface area contributed by atoms with Crippen LogP contribution in [0.3, 0.4) is 0 Å². The zero-order valence-electron chi connectivity index (χ0n) is 11.9. The SMILES string of the molecule is COCCC(C)(O)CNC(=O)c1cc(Cl)c2c(c1)OCO2. The Morgan fingerprint density at radius 3 is 3.00 bits per heavy atom. The van der Waals surface area contributed by atoms with Gasteiger partial charge in [0.2, 0.25) is 6.79 Å². The summed E-state index contributed by atoms with van der Waals surface area (Å²) in [6, 6.07) is 3.07. The van der Waals surface area contributed by atoms with E-state index in [0.29, 0.717) is 35.1 Å². The van der Waals surface area contributed by atoms with Crippen LogP contribution in [0.5, 0.6) is 11.5 Å². The summed E-state index contributed by atoms with van der Waals surface area (Å²) in [6.45, 7) is 2.25. The molecule has 1 aromatic rings. The Balaban J connectivity index is 1.99. The number of nitrogens with one attached hydrogen (secondary N) is 1. The van der Waals surface area contributed by atoms with Crippen molar-refractivity contribution in [2.75, 3.05) is 27.1 Å². The van der Waals surface area contributed by atoms with E-state index in [1.54, 1.807) is 20.1 Å². The summed E-state index contributed by atoms with van der Waals surface area (Å²) in [5, 5.41) is 13.1. The van der Waals surface area contributed by atoms with Crippen LogP contribution in [0, 0.1) is 0 Å². The van der Waals surface area contributed by atoms with Crippen LogP contribution in [0.25, 0.3) is 0 Å². The average Bonchev–Trinajstić information content (AvgIpc) is 2.91. The number of rotatable bonds is 6. The highest BCUT2D eigenvalue weighted by Crippen LogP contribution is 2.39. The quantitative estimate of drug-likeness (QED) is 0.833. The van der Waals surface area contributed by atoms with E-state index in [0.717, 1.165) is 0 Å². The number of methoxy groups -OCH3 is 1. The van der Waals surface area contributed by atoms with Gasteiger partial charge < -0.3 is 24.6 Å². The van der Waals surface area contributed by atoms with Gasteiger partial charge in [-0.15, -0.1) is 0 Å². The van der Waals surface area contributed by atoms with E-state index in [1.165, 1.54) is 6.07 Å². The largest absolute Gasteiger partial charge is 0.454 e. The lowest BCUT2D eigenvalue weighted by atomic mass is 10.0. The fourth-order valence-electron chi connectivity index (χ4n) is 1.88. The molecule has 1 amide bonds. The van der Waals surface area contributed by atoms with Crippen molar-refractivity contribution in [3.8, 4) is 11.5 Å². The lowest BCUT2D eigenvalue weighted by Gasteiger charge is -2.23. The van der Waals surface area contributed by atoms with Crippen molar-refractivity contribution < 1.29 is 24.1 Å². The predicted molar refractivity (Wildman–Crippen MR) is 77.0 cm³/mol. The van der Waals surface area contributed by atoms with E-state index in [4.69, 9.17) is 25.8 Å². The Morgan fingerprint density at radius 2 is 2.29 bits per heavy atom. The molecule has 21 heavy (non-hydrogen) atoms. The van der Waals surface area contributed by atoms with Gasteiger partial charge >= 0.3 is 0 Å². The minimum absolute atomic E-state index is 0.0891. The number of carbonyl (C=O) groups is 1. The molecule has 2 N–H and O–H groups in total. The fraction of sp³-hybridized carbons (Fsp3) is 0.500. The Bertz CT molecular complexity index is 532. The molecule has 0 aliphatic carbocycles. The smallest absolute Gasteiger partial charge is 0.251 e. The van der Waals surface area contributed by atoms with Gasteiger partial charge in [0.25, 0.3) is 5.91 Å². The molecule has 1 atom stereocenters. The first-order chi connectivity index (χ1) is 9.93. The fourth-order valence-corrected chi connectivity index (χ4v) is 2.15. The van der Waals surface area contributed by atoms with Crippen molar-refractivity contribution in [1.29, 1.82) is 0 Å². The predicted octanol–water partition coefficient (Wildman–Crippen LogP) is 1.59. The number of hydrogen-bond acceptors (Lipinski definition) is 5. The molecule has 0 saturated carbocycles. The Morgan fingerprint density at radius 1 is 1.52 bits per heavy atom.